The first kappa shape index (κ1) is 16.9. The SMILES string of the molecule is C[n+]1ccc(-c2cc(C3CCC4CN3C(=O)N4OS(=O)(=O)[O-])no2)cc1. The normalized spacial score (nSPS) is 22.9. The van der Waals surface area contributed by atoms with E-state index in [2.05, 4.69) is 9.44 Å². The fraction of sp³-hybridized carbons (Fsp3) is 0.400. The van der Waals surface area contributed by atoms with E-state index in [1.807, 2.05) is 36.1 Å². The van der Waals surface area contributed by atoms with Crippen molar-refractivity contribution in [3.05, 3.63) is 36.3 Å². The van der Waals surface area contributed by atoms with E-state index in [9.17, 15) is 17.8 Å². The number of aryl methyl sites for hydroxylation is 1. The average Bonchev–Trinajstić information content (AvgIpc) is 3.15. The Labute approximate surface area is 149 Å². The molecule has 0 N–H and O–H groups in total. The van der Waals surface area contributed by atoms with Gasteiger partial charge in [-0.3, -0.25) is 0 Å². The van der Waals surface area contributed by atoms with Crippen molar-refractivity contribution in [2.45, 2.75) is 24.9 Å². The predicted octanol–water partition coefficient (Wildman–Crippen LogP) is 0.499. The van der Waals surface area contributed by atoms with Crippen LogP contribution in [0.15, 0.2) is 35.1 Å². The van der Waals surface area contributed by atoms with Gasteiger partial charge < -0.3 is 14.0 Å². The number of piperidine rings is 1. The molecule has 2 aromatic heterocycles. The van der Waals surface area contributed by atoms with Crippen molar-refractivity contribution in [1.29, 1.82) is 0 Å². The molecule has 2 aromatic rings. The van der Waals surface area contributed by atoms with E-state index in [-0.39, 0.29) is 12.6 Å². The lowest BCUT2D eigenvalue weighted by atomic mass is 9.98. The average molecular weight is 380 g/mol. The van der Waals surface area contributed by atoms with Crippen LogP contribution in [0.4, 0.5) is 4.79 Å². The third-order valence-corrected chi connectivity index (χ3v) is 4.97. The van der Waals surface area contributed by atoms with Crippen molar-refractivity contribution < 1.29 is 31.1 Å². The molecule has 2 atom stereocenters. The highest BCUT2D eigenvalue weighted by molar-refractivity contribution is 7.80. The van der Waals surface area contributed by atoms with Crippen LogP contribution in [0, 0.1) is 0 Å². The number of nitrogens with zero attached hydrogens (tertiary/aromatic N) is 4. The number of amides is 2. The number of aromatic nitrogens is 2. The minimum absolute atomic E-state index is 0.266. The number of fused-ring (bicyclic) bond motifs is 2. The first-order valence-electron chi connectivity index (χ1n) is 7.99. The molecule has 11 heteroatoms. The molecule has 2 bridgehead atoms. The van der Waals surface area contributed by atoms with Gasteiger partial charge in [0, 0.05) is 30.3 Å². The summed E-state index contributed by atoms with van der Waals surface area (Å²) in [6, 6.07) is 4.05. The molecule has 0 aliphatic carbocycles. The van der Waals surface area contributed by atoms with E-state index in [0.29, 0.717) is 29.4 Å². The van der Waals surface area contributed by atoms with E-state index in [4.69, 9.17) is 4.52 Å². The van der Waals surface area contributed by atoms with Gasteiger partial charge >= 0.3 is 6.03 Å². The highest BCUT2D eigenvalue weighted by Crippen LogP contribution is 2.39. The number of rotatable bonds is 4. The zero-order valence-corrected chi connectivity index (χ0v) is 14.6. The molecule has 2 fully saturated rings. The molecule has 0 radical (unpaired) electrons. The Morgan fingerprint density at radius 3 is 2.77 bits per heavy atom. The Morgan fingerprint density at radius 2 is 2.08 bits per heavy atom. The number of urea groups is 1. The van der Waals surface area contributed by atoms with Crippen molar-refractivity contribution in [3.8, 4) is 11.3 Å². The number of hydrogen-bond acceptors (Lipinski definition) is 7. The number of carbonyl (C=O) groups is 1. The highest BCUT2D eigenvalue weighted by Gasteiger charge is 2.47. The third kappa shape index (κ3) is 3.04. The topological polar surface area (TPSA) is 120 Å². The summed E-state index contributed by atoms with van der Waals surface area (Å²) in [5, 5.41) is 4.73. The summed E-state index contributed by atoms with van der Waals surface area (Å²) in [5.41, 5.74) is 1.43. The lowest BCUT2D eigenvalue weighted by molar-refractivity contribution is -0.671. The number of hydroxylamine groups is 2. The van der Waals surface area contributed by atoms with Crippen LogP contribution >= 0.6 is 0 Å². The zero-order chi connectivity index (χ0) is 18.5. The monoisotopic (exact) mass is 380 g/mol. The van der Waals surface area contributed by atoms with Crippen LogP contribution in [0.3, 0.4) is 0 Å². The summed E-state index contributed by atoms with van der Waals surface area (Å²) in [6.07, 6.45) is 4.81. The summed E-state index contributed by atoms with van der Waals surface area (Å²) in [5.74, 6) is 0.574. The lowest BCUT2D eigenvalue weighted by Gasteiger charge is -2.28. The maximum Gasteiger partial charge on any atom is 0.346 e. The second-order valence-electron chi connectivity index (χ2n) is 6.36. The van der Waals surface area contributed by atoms with Gasteiger partial charge in [-0.15, -0.1) is 0 Å². The first-order valence-corrected chi connectivity index (χ1v) is 9.33. The summed E-state index contributed by atoms with van der Waals surface area (Å²) < 4.78 is 44.1. The molecule has 2 saturated heterocycles. The van der Waals surface area contributed by atoms with Crippen molar-refractivity contribution in [2.24, 2.45) is 7.05 Å². The zero-order valence-electron chi connectivity index (χ0n) is 13.8. The first-order chi connectivity index (χ1) is 12.3. The van der Waals surface area contributed by atoms with E-state index >= 15 is 0 Å². The van der Waals surface area contributed by atoms with Crippen molar-refractivity contribution in [2.75, 3.05) is 6.54 Å². The second-order valence-corrected chi connectivity index (χ2v) is 7.32. The molecule has 2 aliphatic heterocycles. The molecule has 2 aliphatic rings. The van der Waals surface area contributed by atoms with Gasteiger partial charge in [0.15, 0.2) is 18.2 Å². The fourth-order valence-electron chi connectivity index (χ4n) is 3.38. The molecular formula is C15H16N4O6S. The minimum Gasteiger partial charge on any atom is -0.724 e. The van der Waals surface area contributed by atoms with Crippen molar-refractivity contribution in [3.63, 3.8) is 0 Å². The fourth-order valence-corrected chi connectivity index (χ4v) is 3.77. The molecular weight excluding hydrogens is 364 g/mol. The van der Waals surface area contributed by atoms with Crippen LogP contribution in [0.2, 0.25) is 0 Å². The maximum absolute atomic E-state index is 12.4. The van der Waals surface area contributed by atoms with Gasteiger partial charge in [-0.1, -0.05) is 5.16 Å². The molecule has 0 spiro atoms. The van der Waals surface area contributed by atoms with E-state index in [1.54, 1.807) is 6.07 Å². The van der Waals surface area contributed by atoms with Crippen LogP contribution in [0.1, 0.15) is 24.6 Å². The largest absolute Gasteiger partial charge is 0.724 e. The van der Waals surface area contributed by atoms with Gasteiger partial charge in [0.2, 0.25) is 10.4 Å². The molecule has 10 nitrogen and oxygen atoms in total. The summed E-state index contributed by atoms with van der Waals surface area (Å²) in [4.78, 5) is 13.9. The smallest absolute Gasteiger partial charge is 0.346 e. The molecule has 26 heavy (non-hydrogen) atoms. The highest BCUT2D eigenvalue weighted by atomic mass is 32.3. The van der Waals surface area contributed by atoms with E-state index < -0.39 is 22.5 Å². The minimum atomic E-state index is -5.00. The molecule has 0 aromatic carbocycles. The van der Waals surface area contributed by atoms with Crippen LogP contribution < -0.4 is 4.57 Å². The lowest BCUT2D eigenvalue weighted by Crippen LogP contribution is -2.35. The quantitative estimate of drug-likeness (QED) is 0.430. The molecule has 2 amide bonds. The predicted molar refractivity (Wildman–Crippen MR) is 83.6 cm³/mol. The summed E-state index contributed by atoms with van der Waals surface area (Å²) in [6.45, 7) is 0.266. The van der Waals surface area contributed by atoms with Crippen molar-refractivity contribution >= 4 is 16.4 Å². The molecule has 2 unspecified atom stereocenters. The maximum atomic E-state index is 12.4. The van der Waals surface area contributed by atoms with Gasteiger partial charge in [0.1, 0.15) is 12.7 Å². The van der Waals surface area contributed by atoms with Crippen LogP contribution in [-0.4, -0.2) is 46.7 Å². The Kier molecular flexibility index (Phi) is 3.93. The van der Waals surface area contributed by atoms with E-state index in [0.717, 1.165) is 5.56 Å². The van der Waals surface area contributed by atoms with Gasteiger partial charge in [0.25, 0.3) is 0 Å². The number of hydrogen-bond donors (Lipinski definition) is 0. The van der Waals surface area contributed by atoms with Crippen LogP contribution in [-0.2, 0) is 21.7 Å². The second kappa shape index (κ2) is 6.04. The Hall–Kier alpha value is -2.50. The Bertz CT molecular complexity index is 941. The van der Waals surface area contributed by atoms with Gasteiger partial charge in [-0.05, 0) is 12.8 Å². The summed E-state index contributed by atoms with van der Waals surface area (Å²) >= 11 is 0. The number of pyridine rings is 1. The molecule has 4 rings (SSSR count). The Morgan fingerprint density at radius 1 is 1.35 bits per heavy atom. The van der Waals surface area contributed by atoms with Gasteiger partial charge in [-0.2, -0.15) is 9.35 Å². The molecule has 0 saturated carbocycles. The van der Waals surface area contributed by atoms with Gasteiger partial charge in [0.05, 0.1) is 12.1 Å². The standard InChI is InChI=1S/C15H16N4O6S/c1-17-6-4-10(5-7-17)14-8-12(16-24-14)13-3-2-11-9-18(13)15(20)19(11)25-26(21,22)23/h4-8,11,13H,2-3,9H2,1H3. The van der Waals surface area contributed by atoms with Crippen molar-refractivity contribution in [1.82, 2.24) is 15.1 Å². The Balaban J connectivity index is 1.57. The van der Waals surface area contributed by atoms with Crippen LogP contribution in [0.5, 0.6) is 0 Å². The summed E-state index contributed by atoms with van der Waals surface area (Å²) in [7, 11) is -3.10. The third-order valence-electron chi connectivity index (χ3n) is 4.63. The molecule has 138 valence electrons. The number of carbonyl (C=O) groups excluding carboxylic acids is 1. The van der Waals surface area contributed by atoms with E-state index in [1.165, 1.54) is 4.90 Å². The van der Waals surface area contributed by atoms with Gasteiger partial charge in [-0.25, -0.2) is 17.8 Å². The molecule has 4 heterocycles. The van der Waals surface area contributed by atoms with Crippen LogP contribution in [0.25, 0.3) is 11.3 Å².